The van der Waals surface area contributed by atoms with Crippen molar-refractivity contribution in [1.29, 1.82) is 0 Å². The SMILES string of the molecule is Cn1c(CCNC(=O)COCC(F)(F)C(F)F)nc2ccccc21. The van der Waals surface area contributed by atoms with Crippen LogP contribution in [-0.2, 0) is 23.0 Å². The van der Waals surface area contributed by atoms with E-state index >= 15 is 0 Å². The van der Waals surface area contributed by atoms with Gasteiger partial charge in [0.05, 0.1) is 11.0 Å². The van der Waals surface area contributed by atoms with Gasteiger partial charge in [-0.25, -0.2) is 13.8 Å². The molecule has 1 N–H and O–H groups in total. The van der Waals surface area contributed by atoms with E-state index in [0.717, 1.165) is 16.9 Å². The lowest BCUT2D eigenvalue weighted by atomic mass is 10.3. The molecule has 1 heterocycles. The van der Waals surface area contributed by atoms with E-state index in [1.807, 2.05) is 35.9 Å². The molecular weight excluding hydrogens is 330 g/mol. The second-order valence-electron chi connectivity index (χ2n) is 5.23. The minimum atomic E-state index is -4.26. The molecule has 0 aliphatic carbocycles. The fourth-order valence-corrected chi connectivity index (χ4v) is 2.13. The van der Waals surface area contributed by atoms with Gasteiger partial charge < -0.3 is 14.6 Å². The Morgan fingerprint density at radius 1 is 1.38 bits per heavy atom. The van der Waals surface area contributed by atoms with E-state index in [1.165, 1.54) is 0 Å². The number of benzene rings is 1. The Kier molecular flexibility index (Phi) is 5.76. The Balaban J connectivity index is 1.75. The van der Waals surface area contributed by atoms with Crippen molar-refractivity contribution in [3.05, 3.63) is 30.1 Å². The third-order valence-corrected chi connectivity index (χ3v) is 3.40. The van der Waals surface area contributed by atoms with Gasteiger partial charge in [0.25, 0.3) is 0 Å². The molecule has 2 rings (SSSR count). The fraction of sp³-hybridized carbons (Fsp3) is 0.467. The van der Waals surface area contributed by atoms with Crippen molar-refractivity contribution in [2.45, 2.75) is 18.8 Å². The molecule has 0 saturated heterocycles. The second kappa shape index (κ2) is 7.61. The molecule has 0 radical (unpaired) electrons. The maximum atomic E-state index is 12.6. The lowest BCUT2D eigenvalue weighted by molar-refractivity contribution is -0.168. The van der Waals surface area contributed by atoms with Gasteiger partial charge in [-0.15, -0.1) is 0 Å². The molecule has 0 unspecified atom stereocenters. The van der Waals surface area contributed by atoms with Crippen molar-refractivity contribution in [3.63, 3.8) is 0 Å². The summed E-state index contributed by atoms with van der Waals surface area (Å²) in [7, 11) is 1.85. The number of fused-ring (bicyclic) bond motifs is 1. The summed E-state index contributed by atoms with van der Waals surface area (Å²) in [6.07, 6.45) is -3.39. The van der Waals surface area contributed by atoms with Crippen molar-refractivity contribution < 1.29 is 27.1 Å². The highest BCUT2D eigenvalue weighted by Crippen LogP contribution is 2.22. The average Bonchev–Trinajstić information content (AvgIpc) is 2.84. The van der Waals surface area contributed by atoms with Gasteiger partial charge in [0, 0.05) is 20.0 Å². The smallest absolute Gasteiger partial charge is 0.330 e. The van der Waals surface area contributed by atoms with Crippen LogP contribution in [-0.4, -0.2) is 47.6 Å². The summed E-state index contributed by atoms with van der Waals surface area (Å²) in [6.45, 7) is -1.97. The maximum Gasteiger partial charge on any atom is 0.330 e. The van der Waals surface area contributed by atoms with Gasteiger partial charge >= 0.3 is 12.3 Å². The predicted octanol–water partition coefficient (Wildman–Crippen LogP) is 2.15. The van der Waals surface area contributed by atoms with E-state index in [1.54, 1.807) is 0 Å². The Labute approximate surface area is 135 Å². The summed E-state index contributed by atoms with van der Waals surface area (Å²) in [4.78, 5) is 15.9. The second-order valence-corrected chi connectivity index (χ2v) is 5.23. The van der Waals surface area contributed by atoms with Gasteiger partial charge in [0.2, 0.25) is 5.91 Å². The number of para-hydroxylation sites is 2. The highest BCUT2D eigenvalue weighted by atomic mass is 19.3. The quantitative estimate of drug-likeness (QED) is 0.745. The molecule has 1 aromatic heterocycles. The number of rotatable bonds is 8. The van der Waals surface area contributed by atoms with E-state index in [4.69, 9.17) is 0 Å². The molecule has 2 aromatic rings. The molecule has 0 spiro atoms. The molecule has 0 fully saturated rings. The van der Waals surface area contributed by atoms with Gasteiger partial charge in [0.15, 0.2) is 0 Å². The number of ether oxygens (including phenoxy) is 1. The number of halogens is 4. The summed E-state index contributed by atoms with van der Waals surface area (Å²) in [5.74, 6) is -4.16. The Morgan fingerprint density at radius 3 is 2.75 bits per heavy atom. The first-order valence-corrected chi connectivity index (χ1v) is 7.22. The number of carbonyl (C=O) groups excluding carboxylic acids is 1. The molecule has 0 aliphatic heterocycles. The van der Waals surface area contributed by atoms with Crippen LogP contribution in [0.2, 0.25) is 0 Å². The molecule has 1 amide bonds. The molecule has 24 heavy (non-hydrogen) atoms. The zero-order chi connectivity index (χ0) is 17.7. The fourth-order valence-electron chi connectivity index (χ4n) is 2.13. The first-order chi connectivity index (χ1) is 11.3. The number of hydrogen-bond donors (Lipinski definition) is 1. The molecule has 132 valence electrons. The molecule has 0 atom stereocenters. The average molecular weight is 347 g/mol. The summed E-state index contributed by atoms with van der Waals surface area (Å²) in [5, 5.41) is 2.47. The number of amides is 1. The Hall–Kier alpha value is -2.16. The lowest BCUT2D eigenvalue weighted by Gasteiger charge is -2.14. The first-order valence-electron chi connectivity index (χ1n) is 7.22. The summed E-state index contributed by atoms with van der Waals surface area (Å²) >= 11 is 0. The van der Waals surface area contributed by atoms with Crippen molar-refractivity contribution in [2.75, 3.05) is 19.8 Å². The van der Waals surface area contributed by atoms with Crippen LogP contribution in [0.4, 0.5) is 17.6 Å². The van der Waals surface area contributed by atoms with Gasteiger partial charge in [-0.1, -0.05) is 12.1 Å². The standard InChI is InChI=1S/C15H17F4N3O2/c1-22-11-5-3-2-4-10(11)21-12(22)6-7-20-13(23)8-24-9-15(18,19)14(16)17/h2-5,14H,6-9H2,1H3,(H,20,23). The normalized spacial score (nSPS) is 12.1. The highest BCUT2D eigenvalue weighted by Gasteiger charge is 2.41. The number of alkyl halides is 4. The summed E-state index contributed by atoms with van der Waals surface area (Å²) in [5.41, 5.74) is 1.79. The Morgan fingerprint density at radius 2 is 2.08 bits per heavy atom. The number of nitrogens with zero attached hydrogens (tertiary/aromatic N) is 2. The van der Waals surface area contributed by atoms with Crippen molar-refractivity contribution in [1.82, 2.24) is 14.9 Å². The number of aryl methyl sites for hydroxylation is 1. The van der Waals surface area contributed by atoms with Crippen LogP contribution >= 0.6 is 0 Å². The number of hydrogen-bond acceptors (Lipinski definition) is 3. The van der Waals surface area contributed by atoms with Crippen LogP contribution < -0.4 is 5.32 Å². The number of aromatic nitrogens is 2. The molecular formula is C15H17F4N3O2. The van der Waals surface area contributed by atoms with Crippen LogP contribution in [0.1, 0.15) is 5.82 Å². The van der Waals surface area contributed by atoms with Gasteiger partial charge in [-0.2, -0.15) is 8.78 Å². The minimum absolute atomic E-state index is 0.227. The van der Waals surface area contributed by atoms with Gasteiger partial charge in [-0.3, -0.25) is 4.79 Å². The first kappa shape index (κ1) is 18.2. The van der Waals surface area contributed by atoms with Crippen molar-refractivity contribution >= 4 is 16.9 Å². The molecule has 5 nitrogen and oxygen atoms in total. The van der Waals surface area contributed by atoms with E-state index in [0.29, 0.717) is 6.42 Å². The van der Waals surface area contributed by atoms with Crippen LogP contribution in [0.5, 0.6) is 0 Å². The zero-order valence-corrected chi connectivity index (χ0v) is 12.9. The van der Waals surface area contributed by atoms with Crippen LogP contribution in [0.15, 0.2) is 24.3 Å². The van der Waals surface area contributed by atoms with Crippen LogP contribution in [0, 0.1) is 0 Å². The molecule has 0 bridgehead atoms. The third kappa shape index (κ3) is 4.44. The van der Waals surface area contributed by atoms with Gasteiger partial charge in [0.1, 0.15) is 19.0 Å². The minimum Gasteiger partial charge on any atom is -0.365 e. The van der Waals surface area contributed by atoms with Gasteiger partial charge in [-0.05, 0) is 12.1 Å². The largest absolute Gasteiger partial charge is 0.365 e. The van der Waals surface area contributed by atoms with E-state index in [-0.39, 0.29) is 6.54 Å². The summed E-state index contributed by atoms with van der Waals surface area (Å²) in [6, 6.07) is 7.55. The number of imidazole rings is 1. The molecule has 9 heteroatoms. The van der Waals surface area contributed by atoms with Crippen LogP contribution in [0.25, 0.3) is 11.0 Å². The Bertz CT molecular complexity index is 703. The van der Waals surface area contributed by atoms with Crippen molar-refractivity contribution in [2.24, 2.45) is 7.05 Å². The molecule has 1 aromatic carbocycles. The van der Waals surface area contributed by atoms with Crippen LogP contribution in [0.3, 0.4) is 0 Å². The number of carbonyl (C=O) groups is 1. The van der Waals surface area contributed by atoms with E-state index < -0.39 is 31.5 Å². The molecule has 0 saturated carbocycles. The lowest BCUT2D eigenvalue weighted by Crippen LogP contribution is -2.35. The topological polar surface area (TPSA) is 56.2 Å². The highest BCUT2D eigenvalue weighted by molar-refractivity contribution is 5.77. The third-order valence-electron chi connectivity index (χ3n) is 3.40. The molecule has 0 aliphatic rings. The van der Waals surface area contributed by atoms with E-state index in [9.17, 15) is 22.4 Å². The monoisotopic (exact) mass is 347 g/mol. The predicted molar refractivity (Wildman–Crippen MR) is 79.2 cm³/mol. The van der Waals surface area contributed by atoms with E-state index in [2.05, 4.69) is 15.0 Å². The zero-order valence-electron chi connectivity index (χ0n) is 12.9. The van der Waals surface area contributed by atoms with Crippen molar-refractivity contribution in [3.8, 4) is 0 Å². The summed E-state index contributed by atoms with van der Waals surface area (Å²) < 4.78 is 55.2. The number of nitrogens with one attached hydrogen (secondary N) is 1. The maximum absolute atomic E-state index is 12.6.